The third-order valence-electron chi connectivity index (χ3n) is 1.42. The molecule has 2 nitrogen and oxygen atoms in total. The largest absolute Gasteiger partial charge is 0.507 e. The predicted octanol–water partition coefficient (Wildman–Crippen LogP) is 2.85. The minimum atomic E-state index is -0.147. The summed E-state index contributed by atoms with van der Waals surface area (Å²) in [6.45, 7) is 1.41. The van der Waals surface area contributed by atoms with Crippen molar-refractivity contribution in [2.24, 2.45) is 0 Å². The molecule has 0 aromatic heterocycles. The lowest BCUT2D eigenvalue weighted by atomic mass is 10.1. The van der Waals surface area contributed by atoms with Gasteiger partial charge in [-0.15, -0.1) is 0 Å². The van der Waals surface area contributed by atoms with E-state index in [1.807, 2.05) is 22.6 Å². The number of aromatic hydroxyl groups is 1. The normalized spacial score (nSPS) is 9.92. The SMILES string of the molecule is CC(=O)c1cc(O)c(I)cc1Cl. The number of phenolic OH excluding ortho intramolecular Hbond substituents is 1. The van der Waals surface area contributed by atoms with E-state index in [2.05, 4.69) is 0 Å². The lowest BCUT2D eigenvalue weighted by Gasteiger charge is -2.02. The Morgan fingerprint density at radius 3 is 2.67 bits per heavy atom. The highest BCUT2D eigenvalue weighted by Gasteiger charge is 2.08. The average Bonchev–Trinajstić information content (AvgIpc) is 1.96. The van der Waals surface area contributed by atoms with E-state index in [-0.39, 0.29) is 11.5 Å². The van der Waals surface area contributed by atoms with E-state index in [0.717, 1.165) is 0 Å². The molecule has 12 heavy (non-hydrogen) atoms. The van der Waals surface area contributed by atoms with Gasteiger partial charge in [0.1, 0.15) is 5.75 Å². The number of Topliss-reactive ketones (excluding diaryl/α,β-unsaturated/α-hetero) is 1. The van der Waals surface area contributed by atoms with Gasteiger partial charge in [0.2, 0.25) is 0 Å². The van der Waals surface area contributed by atoms with Gasteiger partial charge in [0.05, 0.1) is 8.59 Å². The van der Waals surface area contributed by atoms with Crippen molar-refractivity contribution >= 4 is 40.0 Å². The van der Waals surface area contributed by atoms with Crippen LogP contribution in [0.25, 0.3) is 0 Å². The zero-order valence-electron chi connectivity index (χ0n) is 6.27. The van der Waals surface area contributed by atoms with E-state index >= 15 is 0 Å². The first kappa shape index (κ1) is 9.80. The summed E-state index contributed by atoms with van der Waals surface area (Å²) in [5.41, 5.74) is 0.356. The summed E-state index contributed by atoms with van der Waals surface area (Å²) in [5.74, 6) is -0.0584. The second-order valence-corrected chi connectivity index (χ2v) is 3.91. The minimum Gasteiger partial charge on any atom is -0.507 e. The molecule has 0 aliphatic heterocycles. The summed E-state index contributed by atoms with van der Waals surface area (Å²) in [6, 6.07) is 2.95. The average molecular weight is 296 g/mol. The maximum Gasteiger partial charge on any atom is 0.161 e. The molecule has 0 aliphatic rings. The number of carbonyl (C=O) groups is 1. The quantitative estimate of drug-likeness (QED) is 0.639. The Balaban J connectivity index is 3.33. The van der Waals surface area contributed by atoms with E-state index in [4.69, 9.17) is 11.6 Å². The fourth-order valence-corrected chi connectivity index (χ4v) is 1.76. The summed E-state index contributed by atoms with van der Waals surface area (Å²) >= 11 is 7.70. The Morgan fingerprint density at radius 2 is 2.17 bits per heavy atom. The van der Waals surface area contributed by atoms with Gasteiger partial charge in [-0.25, -0.2) is 0 Å². The molecule has 0 saturated carbocycles. The molecule has 0 unspecified atom stereocenters. The van der Waals surface area contributed by atoms with Gasteiger partial charge in [-0.05, 0) is 41.6 Å². The number of ketones is 1. The van der Waals surface area contributed by atoms with Crippen LogP contribution >= 0.6 is 34.2 Å². The van der Waals surface area contributed by atoms with Gasteiger partial charge in [-0.1, -0.05) is 11.6 Å². The standard InChI is InChI=1S/C8H6ClIO2/c1-4(11)5-2-8(12)7(10)3-6(5)9/h2-3,12H,1H3. The summed E-state index contributed by atoms with van der Waals surface area (Å²) in [5, 5.41) is 9.63. The topological polar surface area (TPSA) is 37.3 Å². The van der Waals surface area contributed by atoms with Crippen molar-refractivity contribution in [1.29, 1.82) is 0 Å². The van der Waals surface area contributed by atoms with Gasteiger partial charge in [-0.3, -0.25) is 4.79 Å². The highest BCUT2D eigenvalue weighted by molar-refractivity contribution is 14.1. The van der Waals surface area contributed by atoms with E-state index in [0.29, 0.717) is 14.2 Å². The Kier molecular flexibility index (Phi) is 2.95. The van der Waals surface area contributed by atoms with Gasteiger partial charge in [0.25, 0.3) is 0 Å². The van der Waals surface area contributed by atoms with Gasteiger partial charge in [0.15, 0.2) is 5.78 Å². The van der Waals surface area contributed by atoms with Crippen molar-refractivity contribution in [2.75, 3.05) is 0 Å². The highest BCUT2D eigenvalue weighted by atomic mass is 127. The molecular weight excluding hydrogens is 290 g/mol. The van der Waals surface area contributed by atoms with E-state index < -0.39 is 0 Å². The van der Waals surface area contributed by atoms with Crippen LogP contribution in [0.1, 0.15) is 17.3 Å². The Hall–Kier alpha value is -0.290. The third kappa shape index (κ3) is 1.90. The molecule has 0 saturated heterocycles. The number of hydrogen-bond donors (Lipinski definition) is 1. The van der Waals surface area contributed by atoms with Crippen molar-refractivity contribution in [1.82, 2.24) is 0 Å². The number of benzene rings is 1. The molecule has 1 aromatic carbocycles. The van der Waals surface area contributed by atoms with Gasteiger partial charge in [-0.2, -0.15) is 0 Å². The molecule has 0 amide bonds. The molecule has 0 atom stereocenters. The van der Waals surface area contributed by atoms with Crippen LogP contribution in [0.2, 0.25) is 5.02 Å². The van der Waals surface area contributed by atoms with Crippen molar-refractivity contribution in [2.45, 2.75) is 6.92 Å². The van der Waals surface area contributed by atoms with Crippen molar-refractivity contribution in [3.8, 4) is 5.75 Å². The third-order valence-corrected chi connectivity index (χ3v) is 2.59. The van der Waals surface area contributed by atoms with E-state index in [1.54, 1.807) is 6.07 Å². The maximum atomic E-state index is 10.9. The minimum absolute atomic E-state index is 0.0881. The highest BCUT2D eigenvalue weighted by Crippen LogP contribution is 2.27. The molecular formula is C8H6ClIO2. The summed E-state index contributed by atoms with van der Waals surface area (Å²) in [7, 11) is 0. The van der Waals surface area contributed by atoms with Crippen molar-refractivity contribution < 1.29 is 9.90 Å². The van der Waals surface area contributed by atoms with Gasteiger partial charge >= 0.3 is 0 Å². The second kappa shape index (κ2) is 3.62. The number of hydrogen-bond acceptors (Lipinski definition) is 2. The molecule has 0 bridgehead atoms. The van der Waals surface area contributed by atoms with Crippen LogP contribution in [0.3, 0.4) is 0 Å². The molecule has 64 valence electrons. The fraction of sp³-hybridized carbons (Fsp3) is 0.125. The molecule has 4 heteroatoms. The maximum absolute atomic E-state index is 10.9. The molecule has 1 N–H and O–H groups in total. The first-order valence-corrected chi connectivity index (χ1v) is 4.67. The monoisotopic (exact) mass is 296 g/mol. The Bertz CT molecular complexity index is 336. The smallest absolute Gasteiger partial charge is 0.161 e. The summed E-state index contributed by atoms with van der Waals surface area (Å²) in [6.07, 6.45) is 0. The predicted molar refractivity (Wildman–Crippen MR) is 55.8 cm³/mol. The summed E-state index contributed by atoms with van der Waals surface area (Å²) in [4.78, 5) is 10.9. The fourth-order valence-electron chi connectivity index (χ4n) is 0.807. The molecule has 0 heterocycles. The molecule has 0 aliphatic carbocycles. The number of carbonyl (C=O) groups excluding carboxylic acids is 1. The first-order valence-electron chi connectivity index (χ1n) is 3.21. The van der Waals surface area contributed by atoms with Crippen molar-refractivity contribution in [3.05, 3.63) is 26.3 Å². The zero-order valence-corrected chi connectivity index (χ0v) is 9.18. The lowest BCUT2D eigenvalue weighted by molar-refractivity contribution is 0.101. The molecule has 1 aromatic rings. The van der Waals surface area contributed by atoms with E-state index in [9.17, 15) is 9.90 Å². The van der Waals surface area contributed by atoms with Crippen LogP contribution < -0.4 is 0 Å². The number of rotatable bonds is 1. The first-order chi connectivity index (χ1) is 5.52. The van der Waals surface area contributed by atoms with Crippen LogP contribution in [-0.2, 0) is 0 Å². The van der Waals surface area contributed by atoms with Crippen molar-refractivity contribution in [3.63, 3.8) is 0 Å². The van der Waals surface area contributed by atoms with Crippen LogP contribution in [0.15, 0.2) is 12.1 Å². The Morgan fingerprint density at radius 1 is 1.58 bits per heavy atom. The number of phenols is 1. The molecule has 0 spiro atoms. The van der Waals surface area contributed by atoms with Crippen LogP contribution in [0.4, 0.5) is 0 Å². The zero-order chi connectivity index (χ0) is 9.30. The van der Waals surface area contributed by atoms with Gasteiger partial charge in [0, 0.05) is 5.56 Å². The number of halogens is 2. The summed E-state index contributed by atoms with van der Waals surface area (Å²) < 4.78 is 0.641. The molecule has 0 radical (unpaired) electrons. The lowest BCUT2D eigenvalue weighted by Crippen LogP contribution is -1.93. The van der Waals surface area contributed by atoms with Gasteiger partial charge < -0.3 is 5.11 Å². The molecule has 1 rings (SSSR count). The van der Waals surface area contributed by atoms with Crippen LogP contribution in [0, 0.1) is 3.57 Å². The van der Waals surface area contributed by atoms with Crippen LogP contribution in [0.5, 0.6) is 5.75 Å². The Labute approximate surface area is 88.7 Å². The second-order valence-electron chi connectivity index (χ2n) is 2.34. The van der Waals surface area contributed by atoms with E-state index in [1.165, 1.54) is 13.0 Å². The van der Waals surface area contributed by atoms with Crippen LogP contribution in [-0.4, -0.2) is 10.9 Å². The molecule has 0 fully saturated rings.